The summed E-state index contributed by atoms with van der Waals surface area (Å²) in [4.78, 5) is 22.9. The standard InChI is InChI=1S/C14H24O4/c1-4-7-10-17-14(16)12(8-5-2)11-18-13(15)9-6-3/h8H,4-7,9-11H2,1-3H3. The van der Waals surface area contributed by atoms with Crippen LogP contribution in [0, 0.1) is 0 Å². The predicted molar refractivity (Wildman–Crippen MR) is 70.1 cm³/mol. The zero-order chi connectivity index (χ0) is 13.8. The van der Waals surface area contributed by atoms with Crippen LogP contribution in [-0.2, 0) is 19.1 Å². The van der Waals surface area contributed by atoms with Crippen LogP contribution < -0.4 is 0 Å². The van der Waals surface area contributed by atoms with Gasteiger partial charge in [0.05, 0.1) is 12.2 Å². The summed E-state index contributed by atoms with van der Waals surface area (Å²) in [7, 11) is 0. The maximum absolute atomic E-state index is 11.7. The summed E-state index contributed by atoms with van der Waals surface area (Å²) >= 11 is 0. The van der Waals surface area contributed by atoms with E-state index in [1.165, 1.54) is 0 Å². The van der Waals surface area contributed by atoms with Gasteiger partial charge in [0.25, 0.3) is 0 Å². The zero-order valence-electron chi connectivity index (χ0n) is 11.7. The summed E-state index contributed by atoms with van der Waals surface area (Å²) in [5.74, 6) is -0.657. The Kier molecular flexibility index (Phi) is 10.0. The highest BCUT2D eigenvalue weighted by Gasteiger charge is 2.12. The SMILES string of the molecule is CCC=C(COC(=O)CCC)C(=O)OCCCC. The molecule has 0 aliphatic carbocycles. The van der Waals surface area contributed by atoms with Gasteiger partial charge in [-0.3, -0.25) is 4.79 Å². The largest absolute Gasteiger partial charge is 0.462 e. The van der Waals surface area contributed by atoms with E-state index < -0.39 is 0 Å². The Balaban J connectivity index is 4.17. The van der Waals surface area contributed by atoms with Crippen molar-refractivity contribution in [1.82, 2.24) is 0 Å². The lowest BCUT2D eigenvalue weighted by atomic mass is 10.2. The fourth-order valence-electron chi connectivity index (χ4n) is 1.28. The first-order valence-electron chi connectivity index (χ1n) is 6.67. The van der Waals surface area contributed by atoms with Crippen LogP contribution in [0.15, 0.2) is 11.6 Å². The van der Waals surface area contributed by atoms with Crippen LogP contribution in [0.5, 0.6) is 0 Å². The molecule has 0 N–H and O–H groups in total. The van der Waals surface area contributed by atoms with Gasteiger partial charge in [-0.15, -0.1) is 0 Å². The highest BCUT2D eigenvalue weighted by molar-refractivity contribution is 5.89. The van der Waals surface area contributed by atoms with Crippen molar-refractivity contribution in [2.75, 3.05) is 13.2 Å². The molecule has 0 bridgehead atoms. The molecule has 0 fully saturated rings. The van der Waals surface area contributed by atoms with Crippen LogP contribution in [0.3, 0.4) is 0 Å². The fourth-order valence-corrected chi connectivity index (χ4v) is 1.28. The van der Waals surface area contributed by atoms with Crippen molar-refractivity contribution in [2.24, 2.45) is 0 Å². The Bertz CT molecular complexity index is 282. The lowest BCUT2D eigenvalue weighted by Gasteiger charge is -2.09. The Morgan fingerprint density at radius 1 is 1.06 bits per heavy atom. The van der Waals surface area contributed by atoms with Gasteiger partial charge >= 0.3 is 11.9 Å². The topological polar surface area (TPSA) is 52.6 Å². The summed E-state index contributed by atoms with van der Waals surface area (Å²) in [6.07, 6.45) is 5.40. The third-order valence-electron chi connectivity index (χ3n) is 2.29. The van der Waals surface area contributed by atoms with E-state index in [-0.39, 0.29) is 18.5 Å². The molecule has 0 unspecified atom stereocenters. The Hall–Kier alpha value is -1.32. The lowest BCUT2D eigenvalue weighted by molar-refractivity contribution is -0.144. The second-order valence-electron chi connectivity index (χ2n) is 4.04. The monoisotopic (exact) mass is 256 g/mol. The van der Waals surface area contributed by atoms with Crippen LogP contribution in [0.25, 0.3) is 0 Å². The number of hydrogen-bond acceptors (Lipinski definition) is 4. The molecule has 0 aromatic carbocycles. The molecular weight excluding hydrogens is 232 g/mol. The van der Waals surface area contributed by atoms with Crippen molar-refractivity contribution in [2.45, 2.75) is 52.9 Å². The minimum absolute atomic E-state index is 0.0115. The van der Waals surface area contributed by atoms with Gasteiger partial charge in [-0.1, -0.05) is 33.3 Å². The molecule has 4 heteroatoms. The molecule has 0 aromatic heterocycles. The van der Waals surface area contributed by atoms with E-state index >= 15 is 0 Å². The Labute approximate surface area is 109 Å². The number of hydrogen-bond donors (Lipinski definition) is 0. The summed E-state index contributed by atoms with van der Waals surface area (Å²) in [5.41, 5.74) is 0.429. The van der Waals surface area contributed by atoms with Gasteiger partial charge in [-0.2, -0.15) is 0 Å². The molecule has 0 saturated carbocycles. The van der Waals surface area contributed by atoms with Gasteiger partial charge in [0.2, 0.25) is 0 Å². The predicted octanol–water partition coefficient (Wildman–Crippen LogP) is 3.01. The third-order valence-corrected chi connectivity index (χ3v) is 2.29. The van der Waals surface area contributed by atoms with Gasteiger partial charge < -0.3 is 9.47 Å². The number of carbonyl (C=O) groups is 2. The molecule has 104 valence electrons. The molecule has 0 saturated heterocycles. The quantitative estimate of drug-likeness (QED) is 0.361. The molecule has 0 aliphatic heterocycles. The van der Waals surface area contributed by atoms with Gasteiger partial charge in [-0.05, 0) is 19.3 Å². The number of unbranched alkanes of at least 4 members (excludes halogenated alkanes) is 1. The average molecular weight is 256 g/mol. The first-order chi connectivity index (χ1) is 8.65. The first-order valence-corrected chi connectivity index (χ1v) is 6.67. The van der Waals surface area contributed by atoms with Crippen LogP contribution in [0.4, 0.5) is 0 Å². The summed E-state index contributed by atoms with van der Waals surface area (Å²) in [6, 6.07) is 0. The van der Waals surface area contributed by atoms with Crippen molar-refractivity contribution in [3.8, 4) is 0 Å². The maximum atomic E-state index is 11.7. The molecule has 0 aromatic rings. The maximum Gasteiger partial charge on any atom is 0.337 e. The highest BCUT2D eigenvalue weighted by Crippen LogP contribution is 2.04. The third kappa shape index (κ3) is 7.87. The number of ether oxygens (including phenoxy) is 2. The highest BCUT2D eigenvalue weighted by atomic mass is 16.5. The molecule has 0 amide bonds. The summed E-state index contributed by atoms with van der Waals surface area (Å²) < 4.78 is 10.1. The Morgan fingerprint density at radius 2 is 1.78 bits per heavy atom. The second-order valence-corrected chi connectivity index (χ2v) is 4.04. The zero-order valence-corrected chi connectivity index (χ0v) is 11.7. The van der Waals surface area contributed by atoms with E-state index in [0.29, 0.717) is 25.0 Å². The first kappa shape index (κ1) is 16.7. The number of allylic oxidation sites excluding steroid dienone is 1. The van der Waals surface area contributed by atoms with E-state index in [1.807, 2.05) is 20.8 Å². The molecule has 0 heterocycles. The number of esters is 2. The molecule has 18 heavy (non-hydrogen) atoms. The average Bonchev–Trinajstić information content (AvgIpc) is 2.35. The van der Waals surface area contributed by atoms with Gasteiger partial charge in [0.1, 0.15) is 6.61 Å². The van der Waals surface area contributed by atoms with Crippen molar-refractivity contribution >= 4 is 11.9 Å². The lowest BCUT2D eigenvalue weighted by Crippen LogP contribution is -2.16. The number of carbonyl (C=O) groups excluding carboxylic acids is 2. The van der Waals surface area contributed by atoms with Crippen molar-refractivity contribution < 1.29 is 19.1 Å². The normalized spacial score (nSPS) is 11.2. The van der Waals surface area contributed by atoms with Crippen LogP contribution >= 0.6 is 0 Å². The molecule has 0 spiro atoms. The molecular formula is C14H24O4. The molecule has 0 rings (SSSR count). The van der Waals surface area contributed by atoms with Crippen molar-refractivity contribution in [3.63, 3.8) is 0 Å². The van der Waals surface area contributed by atoms with Crippen molar-refractivity contribution in [3.05, 3.63) is 11.6 Å². The second kappa shape index (κ2) is 10.8. The van der Waals surface area contributed by atoms with Gasteiger partial charge in [0, 0.05) is 6.42 Å². The Morgan fingerprint density at radius 3 is 2.33 bits per heavy atom. The smallest absolute Gasteiger partial charge is 0.337 e. The minimum Gasteiger partial charge on any atom is -0.462 e. The van der Waals surface area contributed by atoms with Crippen LogP contribution in [0.1, 0.15) is 52.9 Å². The van der Waals surface area contributed by atoms with Crippen LogP contribution in [0.2, 0.25) is 0 Å². The molecule has 4 nitrogen and oxygen atoms in total. The summed E-state index contributed by atoms with van der Waals surface area (Å²) in [5, 5.41) is 0. The van der Waals surface area contributed by atoms with E-state index in [4.69, 9.17) is 9.47 Å². The fraction of sp³-hybridized carbons (Fsp3) is 0.714. The molecule has 0 atom stereocenters. The molecule has 0 aliphatic rings. The van der Waals surface area contributed by atoms with E-state index in [0.717, 1.165) is 19.3 Å². The minimum atomic E-state index is -0.380. The van der Waals surface area contributed by atoms with E-state index in [2.05, 4.69) is 0 Å². The summed E-state index contributed by atoms with van der Waals surface area (Å²) in [6.45, 7) is 6.29. The van der Waals surface area contributed by atoms with Gasteiger partial charge in [-0.25, -0.2) is 4.79 Å². The van der Waals surface area contributed by atoms with E-state index in [9.17, 15) is 9.59 Å². The number of rotatable bonds is 9. The van der Waals surface area contributed by atoms with E-state index in [1.54, 1.807) is 6.08 Å². The molecule has 0 radical (unpaired) electrons. The van der Waals surface area contributed by atoms with Crippen molar-refractivity contribution in [1.29, 1.82) is 0 Å². The van der Waals surface area contributed by atoms with Crippen LogP contribution in [-0.4, -0.2) is 25.2 Å². The van der Waals surface area contributed by atoms with Gasteiger partial charge in [0.15, 0.2) is 0 Å².